The molecule has 0 bridgehead atoms. The Morgan fingerprint density at radius 1 is 1.25 bits per heavy atom. The van der Waals surface area contributed by atoms with Crippen LogP contribution in [-0.2, 0) is 0 Å². The monoisotopic (exact) mass is 279 g/mol. The van der Waals surface area contributed by atoms with Gasteiger partial charge in [-0.15, -0.1) is 0 Å². The molecule has 0 saturated heterocycles. The Bertz CT molecular complexity index is 433. The van der Waals surface area contributed by atoms with Crippen molar-refractivity contribution in [1.82, 2.24) is 4.90 Å². The number of nitrogens with one attached hydrogen (secondary N) is 1. The number of aliphatic hydroxyl groups is 1. The quantitative estimate of drug-likeness (QED) is 0.502. The Labute approximate surface area is 120 Å². The Balaban J connectivity index is 2.59. The van der Waals surface area contributed by atoms with Gasteiger partial charge in [-0.25, -0.2) is 0 Å². The van der Waals surface area contributed by atoms with Crippen LogP contribution in [0.15, 0.2) is 18.2 Å². The lowest BCUT2D eigenvalue weighted by Gasteiger charge is -2.16. The van der Waals surface area contributed by atoms with Crippen molar-refractivity contribution in [1.29, 1.82) is 0 Å². The van der Waals surface area contributed by atoms with Gasteiger partial charge in [-0.1, -0.05) is 12.8 Å². The van der Waals surface area contributed by atoms with Gasteiger partial charge in [0.1, 0.15) is 0 Å². The predicted octanol–water partition coefficient (Wildman–Crippen LogP) is 1.94. The Hall–Kier alpha value is -1.75. The molecule has 1 aromatic carbocycles. The molecule has 5 heteroatoms. The number of nitrogens with two attached hydrogens (primary N) is 1. The van der Waals surface area contributed by atoms with E-state index in [2.05, 4.69) is 5.32 Å². The molecule has 112 valence electrons. The number of rotatable bonds is 8. The molecule has 0 aliphatic rings. The van der Waals surface area contributed by atoms with Crippen molar-refractivity contribution in [2.75, 3.05) is 38.3 Å². The summed E-state index contributed by atoms with van der Waals surface area (Å²) >= 11 is 0. The minimum absolute atomic E-state index is 0.0345. The standard InChI is InChI=1S/C15H25N3O2/c1-18(2)15(20)13-8-7-12(16)11-14(13)17-9-5-3-4-6-10-19/h7-8,11,17,19H,3-6,9-10,16H2,1-2H3. The van der Waals surface area contributed by atoms with Crippen molar-refractivity contribution in [3.63, 3.8) is 0 Å². The van der Waals surface area contributed by atoms with Crippen LogP contribution in [0.1, 0.15) is 36.0 Å². The highest BCUT2D eigenvalue weighted by Gasteiger charge is 2.13. The zero-order valence-corrected chi connectivity index (χ0v) is 12.4. The van der Waals surface area contributed by atoms with E-state index in [0.29, 0.717) is 11.3 Å². The minimum Gasteiger partial charge on any atom is -0.399 e. The lowest BCUT2D eigenvalue weighted by Crippen LogP contribution is -2.23. The number of carbonyl (C=O) groups is 1. The maximum atomic E-state index is 12.1. The Morgan fingerprint density at radius 2 is 1.95 bits per heavy atom. The summed E-state index contributed by atoms with van der Waals surface area (Å²) in [6.07, 6.45) is 3.94. The normalized spacial score (nSPS) is 10.3. The van der Waals surface area contributed by atoms with E-state index in [4.69, 9.17) is 10.8 Å². The topological polar surface area (TPSA) is 78.6 Å². The number of nitrogens with zero attached hydrogens (tertiary/aromatic N) is 1. The van der Waals surface area contributed by atoms with Gasteiger partial charge >= 0.3 is 0 Å². The van der Waals surface area contributed by atoms with Gasteiger partial charge in [0, 0.05) is 38.6 Å². The van der Waals surface area contributed by atoms with E-state index in [9.17, 15) is 4.79 Å². The second-order valence-electron chi connectivity index (χ2n) is 5.07. The van der Waals surface area contributed by atoms with Gasteiger partial charge in [0.2, 0.25) is 0 Å². The van der Waals surface area contributed by atoms with Crippen molar-refractivity contribution in [2.24, 2.45) is 0 Å². The van der Waals surface area contributed by atoms with Crippen molar-refractivity contribution in [3.05, 3.63) is 23.8 Å². The first-order valence-corrected chi connectivity index (χ1v) is 7.02. The van der Waals surface area contributed by atoms with E-state index >= 15 is 0 Å². The molecule has 4 N–H and O–H groups in total. The molecule has 0 atom stereocenters. The molecule has 1 rings (SSSR count). The van der Waals surface area contributed by atoms with Gasteiger partial charge in [0.15, 0.2) is 0 Å². The van der Waals surface area contributed by atoms with Crippen LogP contribution in [0.25, 0.3) is 0 Å². The molecule has 0 aliphatic heterocycles. The lowest BCUT2D eigenvalue weighted by molar-refractivity contribution is 0.0828. The maximum Gasteiger partial charge on any atom is 0.255 e. The summed E-state index contributed by atoms with van der Waals surface area (Å²) in [6.45, 7) is 1.05. The molecule has 5 nitrogen and oxygen atoms in total. The molecule has 1 aromatic rings. The third kappa shape index (κ3) is 5.09. The van der Waals surface area contributed by atoms with E-state index in [1.54, 1.807) is 37.2 Å². The number of carbonyl (C=O) groups excluding carboxylic acids is 1. The highest BCUT2D eigenvalue weighted by molar-refractivity contribution is 5.99. The average Bonchev–Trinajstić information content (AvgIpc) is 2.42. The fourth-order valence-electron chi connectivity index (χ4n) is 1.95. The largest absolute Gasteiger partial charge is 0.399 e. The number of amides is 1. The first kappa shape index (κ1) is 16.3. The first-order valence-electron chi connectivity index (χ1n) is 7.02. The molecule has 0 unspecified atom stereocenters. The number of nitrogen functional groups attached to an aromatic ring is 1. The van der Waals surface area contributed by atoms with E-state index < -0.39 is 0 Å². The third-order valence-electron chi connectivity index (χ3n) is 3.08. The molecular weight excluding hydrogens is 254 g/mol. The lowest BCUT2D eigenvalue weighted by atomic mass is 10.1. The summed E-state index contributed by atoms with van der Waals surface area (Å²) in [7, 11) is 3.47. The van der Waals surface area contributed by atoms with E-state index in [1.165, 1.54) is 0 Å². The third-order valence-corrected chi connectivity index (χ3v) is 3.08. The summed E-state index contributed by atoms with van der Waals surface area (Å²) in [5, 5.41) is 12.0. The van der Waals surface area contributed by atoms with Crippen LogP contribution in [0.3, 0.4) is 0 Å². The molecule has 1 amide bonds. The summed E-state index contributed by atoms with van der Waals surface area (Å²) in [6, 6.07) is 5.29. The molecular formula is C15H25N3O2. The van der Waals surface area contributed by atoms with Gasteiger partial charge < -0.3 is 21.1 Å². The Morgan fingerprint density at radius 3 is 2.60 bits per heavy atom. The molecule has 0 radical (unpaired) electrons. The molecule has 0 heterocycles. The summed E-state index contributed by atoms with van der Waals surface area (Å²) in [4.78, 5) is 13.6. The van der Waals surface area contributed by atoms with Crippen molar-refractivity contribution < 1.29 is 9.90 Å². The molecule has 0 fully saturated rings. The number of aliphatic hydroxyl groups excluding tert-OH is 1. The highest BCUT2D eigenvalue weighted by atomic mass is 16.2. The number of hydrogen-bond acceptors (Lipinski definition) is 4. The first-order chi connectivity index (χ1) is 9.56. The van der Waals surface area contributed by atoms with Gasteiger partial charge in [-0.3, -0.25) is 4.79 Å². The molecule has 0 spiro atoms. The smallest absolute Gasteiger partial charge is 0.255 e. The number of unbranched alkanes of at least 4 members (excludes halogenated alkanes) is 3. The van der Waals surface area contributed by atoms with Crippen LogP contribution in [-0.4, -0.2) is 43.2 Å². The fourth-order valence-corrected chi connectivity index (χ4v) is 1.95. The predicted molar refractivity (Wildman–Crippen MR) is 82.9 cm³/mol. The van der Waals surface area contributed by atoms with Gasteiger partial charge in [0.05, 0.1) is 5.56 Å². The summed E-state index contributed by atoms with van der Waals surface area (Å²) in [5.74, 6) is -0.0345. The van der Waals surface area contributed by atoms with Gasteiger partial charge in [-0.05, 0) is 31.0 Å². The highest BCUT2D eigenvalue weighted by Crippen LogP contribution is 2.20. The van der Waals surface area contributed by atoms with Gasteiger partial charge in [-0.2, -0.15) is 0 Å². The van der Waals surface area contributed by atoms with Crippen LogP contribution in [0.4, 0.5) is 11.4 Å². The van der Waals surface area contributed by atoms with Crippen molar-refractivity contribution in [3.8, 4) is 0 Å². The molecule has 0 aromatic heterocycles. The second kappa shape index (κ2) is 8.43. The molecule has 0 aliphatic carbocycles. The van der Waals surface area contributed by atoms with Crippen LogP contribution in [0.2, 0.25) is 0 Å². The number of benzene rings is 1. The SMILES string of the molecule is CN(C)C(=O)c1ccc(N)cc1NCCCCCCO. The van der Waals surface area contributed by atoms with Crippen LogP contribution >= 0.6 is 0 Å². The average molecular weight is 279 g/mol. The molecule has 20 heavy (non-hydrogen) atoms. The second-order valence-corrected chi connectivity index (χ2v) is 5.07. The van der Waals surface area contributed by atoms with Gasteiger partial charge in [0.25, 0.3) is 5.91 Å². The molecule has 0 saturated carbocycles. The fraction of sp³-hybridized carbons (Fsp3) is 0.533. The minimum atomic E-state index is -0.0345. The number of hydrogen-bond donors (Lipinski definition) is 3. The zero-order chi connectivity index (χ0) is 15.0. The maximum absolute atomic E-state index is 12.1. The summed E-state index contributed by atoms with van der Waals surface area (Å²) in [5.41, 5.74) is 7.84. The summed E-state index contributed by atoms with van der Waals surface area (Å²) < 4.78 is 0. The van der Waals surface area contributed by atoms with Crippen LogP contribution in [0.5, 0.6) is 0 Å². The Kier molecular flexibility index (Phi) is 6.87. The van der Waals surface area contributed by atoms with E-state index in [-0.39, 0.29) is 12.5 Å². The van der Waals surface area contributed by atoms with E-state index in [1.807, 2.05) is 0 Å². The zero-order valence-electron chi connectivity index (χ0n) is 12.4. The van der Waals surface area contributed by atoms with Crippen molar-refractivity contribution in [2.45, 2.75) is 25.7 Å². The van der Waals surface area contributed by atoms with E-state index in [0.717, 1.165) is 37.9 Å². The van der Waals surface area contributed by atoms with Crippen LogP contribution in [0, 0.1) is 0 Å². The number of anilines is 2. The van der Waals surface area contributed by atoms with Crippen LogP contribution < -0.4 is 11.1 Å². The van der Waals surface area contributed by atoms with Crippen molar-refractivity contribution >= 4 is 17.3 Å².